The summed E-state index contributed by atoms with van der Waals surface area (Å²) in [4.78, 5) is 25.6. The monoisotopic (exact) mass is 303 g/mol. The quantitative estimate of drug-likeness (QED) is 0.804. The second kappa shape index (κ2) is 6.64. The van der Waals surface area contributed by atoms with Gasteiger partial charge in [0.2, 0.25) is 0 Å². The third kappa shape index (κ3) is 4.35. The fourth-order valence-electron chi connectivity index (χ4n) is 2.06. The molecule has 5 heteroatoms. The number of hydrogen-bond donors (Lipinski definition) is 0. The van der Waals surface area contributed by atoms with Gasteiger partial charge in [0.05, 0.1) is 0 Å². The van der Waals surface area contributed by atoms with Gasteiger partial charge in [0.15, 0.2) is 0 Å². The van der Waals surface area contributed by atoms with E-state index in [1.54, 1.807) is 33.0 Å². The molecule has 0 bridgehead atoms. The van der Waals surface area contributed by atoms with Gasteiger partial charge in [-0.1, -0.05) is 36.4 Å². The van der Waals surface area contributed by atoms with Crippen LogP contribution in [0.15, 0.2) is 42.6 Å². The summed E-state index contributed by atoms with van der Waals surface area (Å²) in [6.45, 7) is 5.55. The molecule has 0 aromatic heterocycles. The van der Waals surface area contributed by atoms with E-state index in [-0.39, 0.29) is 6.61 Å². The molecule has 0 fully saturated rings. The number of hydrogen-bond acceptors (Lipinski definition) is 4. The van der Waals surface area contributed by atoms with E-state index in [1.807, 2.05) is 30.3 Å². The molecule has 1 aliphatic heterocycles. The number of ether oxygens (including phenoxy) is 2. The summed E-state index contributed by atoms with van der Waals surface area (Å²) >= 11 is 0. The molecule has 5 nitrogen and oxygen atoms in total. The molecule has 22 heavy (non-hydrogen) atoms. The zero-order valence-corrected chi connectivity index (χ0v) is 13.1. The van der Waals surface area contributed by atoms with Crippen LogP contribution in [0, 0.1) is 0 Å². The molecule has 1 aromatic rings. The van der Waals surface area contributed by atoms with Crippen LogP contribution in [-0.2, 0) is 20.9 Å². The molecule has 0 aliphatic carbocycles. The molecular weight excluding hydrogens is 282 g/mol. The van der Waals surface area contributed by atoms with Gasteiger partial charge >= 0.3 is 12.1 Å². The van der Waals surface area contributed by atoms with Crippen molar-refractivity contribution in [1.29, 1.82) is 0 Å². The van der Waals surface area contributed by atoms with Gasteiger partial charge in [0.25, 0.3) is 0 Å². The summed E-state index contributed by atoms with van der Waals surface area (Å²) in [6, 6.07) is 8.77. The van der Waals surface area contributed by atoms with Crippen molar-refractivity contribution < 1.29 is 19.1 Å². The molecule has 2 rings (SSSR count). The topological polar surface area (TPSA) is 55.8 Å². The van der Waals surface area contributed by atoms with Crippen molar-refractivity contribution in [3.63, 3.8) is 0 Å². The lowest BCUT2D eigenvalue weighted by Crippen LogP contribution is -2.42. The van der Waals surface area contributed by atoms with Crippen molar-refractivity contribution in [1.82, 2.24) is 4.90 Å². The van der Waals surface area contributed by atoms with E-state index in [9.17, 15) is 9.59 Å². The SMILES string of the molecule is CC(C)(C)OC(=O)N1C=CCC1C(=O)OCc1ccccc1. The Morgan fingerprint density at radius 3 is 2.55 bits per heavy atom. The Morgan fingerprint density at radius 1 is 1.23 bits per heavy atom. The molecule has 1 atom stereocenters. The predicted octanol–water partition coefficient (Wildman–Crippen LogP) is 3.25. The van der Waals surface area contributed by atoms with Gasteiger partial charge in [-0.25, -0.2) is 9.59 Å². The van der Waals surface area contributed by atoms with E-state index < -0.39 is 23.7 Å². The van der Waals surface area contributed by atoms with Gasteiger partial charge in [-0.05, 0) is 32.8 Å². The van der Waals surface area contributed by atoms with Crippen molar-refractivity contribution in [3.8, 4) is 0 Å². The Balaban J connectivity index is 1.93. The van der Waals surface area contributed by atoms with Gasteiger partial charge < -0.3 is 9.47 Å². The minimum absolute atomic E-state index is 0.193. The number of carbonyl (C=O) groups is 2. The first-order chi connectivity index (χ1) is 10.4. The van der Waals surface area contributed by atoms with Crippen molar-refractivity contribution in [3.05, 3.63) is 48.2 Å². The standard InChI is InChI=1S/C17H21NO4/c1-17(2,3)22-16(20)18-11-7-10-14(18)15(19)21-12-13-8-5-4-6-9-13/h4-9,11,14H,10,12H2,1-3H3. The fraction of sp³-hybridized carbons (Fsp3) is 0.412. The fourth-order valence-corrected chi connectivity index (χ4v) is 2.06. The summed E-state index contributed by atoms with van der Waals surface area (Å²) in [5, 5.41) is 0. The van der Waals surface area contributed by atoms with Crippen molar-refractivity contribution >= 4 is 12.1 Å². The van der Waals surface area contributed by atoms with Crippen LogP contribution in [0.3, 0.4) is 0 Å². The highest BCUT2D eigenvalue weighted by Gasteiger charge is 2.34. The smallest absolute Gasteiger partial charge is 0.415 e. The Kier molecular flexibility index (Phi) is 4.85. The number of carbonyl (C=O) groups excluding carboxylic acids is 2. The average molecular weight is 303 g/mol. The van der Waals surface area contributed by atoms with Crippen LogP contribution < -0.4 is 0 Å². The molecule has 0 saturated carbocycles. The van der Waals surface area contributed by atoms with Crippen LogP contribution in [0.25, 0.3) is 0 Å². The van der Waals surface area contributed by atoms with Crippen LogP contribution in [0.2, 0.25) is 0 Å². The van der Waals surface area contributed by atoms with Crippen LogP contribution in [0.1, 0.15) is 32.8 Å². The average Bonchev–Trinajstić information content (AvgIpc) is 2.93. The zero-order valence-electron chi connectivity index (χ0n) is 13.1. The van der Waals surface area contributed by atoms with E-state index in [2.05, 4.69) is 0 Å². The van der Waals surface area contributed by atoms with E-state index in [0.29, 0.717) is 6.42 Å². The Morgan fingerprint density at radius 2 is 1.91 bits per heavy atom. The van der Waals surface area contributed by atoms with Crippen molar-refractivity contribution in [2.45, 2.75) is 45.4 Å². The van der Waals surface area contributed by atoms with E-state index in [1.165, 1.54) is 4.90 Å². The molecule has 0 saturated heterocycles. The summed E-state index contributed by atoms with van der Waals surface area (Å²) in [6.07, 6.45) is 3.23. The van der Waals surface area contributed by atoms with E-state index in [0.717, 1.165) is 5.56 Å². The Bertz CT molecular complexity index is 560. The molecule has 1 amide bonds. The molecule has 118 valence electrons. The second-order valence-electron chi connectivity index (χ2n) is 6.12. The second-order valence-corrected chi connectivity index (χ2v) is 6.12. The van der Waals surface area contributed by atoms with Gasteiger partial charge in [-0.15, -0.1) is 0 Å². The molecular formula is C17H21NO4. The lowest BCUT2D eigenvalue weighted by Gasteiger charge is -2.26. The number of amides is 1. The van der Waals surface area contributed by atoms with Gasteiger partial charge in [0, 0.05) is 6.20 Å². The number of rotatable bonds is 3. The highest BCUT2D eigenvalue weighted by atomic mass is 16.6. The molecule has 0 N–H and O–H groups in total. The van der Waals surface area contributed by atoms with Crippen LogP contribution >= 0.6 is 0 Å². The molecule has 1 aliphatic rings. The molecule has 1 unspecified atom stereocenters. The minimum atomic E-state index is -0.654. The molecule has 0 radical (unpaired) electrons. The van der Waals surface area contributed by atoms with Crippen LogP contribution in [-0.4, -0.2) is 28.6 Å². The highest BCUT2D eigenvalue weighted by Crippen LogP contribution is 2.20. The van der Waals surface area contributed by atoms with Gasteiger partial charge in [0.1, 0.15) is 18.2 Å². The zero-order chi connectivity index (χ0) is 16.2. The number of nitrogens with zero attached hydrogens (tertiary/aromatic N) is 1. The van der Waals surface area contributed by atoms with E-state index in [4.69, 9.17) is 9.47 Å². The maximum Gasteiger partial charge on any atom is 0.415 e. The van der Waals surface area contributed by atoms with Crippen molar-refractivity contribution in [2.24, 2.45) is 0 Å². The lowest BCUT2D eigenvalue weighted by atomic mass is 10.2. The van der Waals surface area contributed by atoms with Crippen LogP contribution in [0.5, 0.6) is 0 Å². The molecule has 1 aromatic carbocycles. The maximum atomic E-state index is 12.2. The summed E-state index contributed by atoms with van der Waals surface area (Å²) in [7, 11) is 0. The first-order valence-corrected chi connectivity index (χ1v) is 7.25. The number of benzene rings is 1. The number of esters is 1. The third-order valence-corrected chi connectivity index (χ3v) is 3.06. The normalized spacial score (nSPS) is 17.4. The first kappa shape index (κ1) is 16.1. The van der Waals surface area contributed by atoms with Gasteiger partial charge in [-0.3, -0.25) is 4.90 Å². The third-order valence-electron chi connectivity index (χ3n) is 3.06. The lowest BCUT2D eigenvalue weighted by molar-refractivity contribution is -0.149. The summed E-state index contributed by atoms with van der Waals surface area (Å²) < 4.78 is 10.6. The maximum absolute atomic E-state index is 12.2. The Labute approximate surface area is 130 Å². The van der Waals surface area contributed by atoms with E-state index >= 15 is 0 Å². The first-order valence-electron chi connectivity index (χ1n) is 7.25. The van der Waals surface area contributed by atoms with Gasteiger partial charge in [-0.2, -0.15) is 0 Å². The Hall–Kier alpha value is -2.30. The minimum Gasteiger partial charge on any atom is -0.459 e. The summed E-state index contributed by atoms with van der Waals surface area (Å²) in [5.74, 6) is -0.431. The molecule has 1 heterocycles. The summed E-state index contributed by atoms with van der Waals surface area (Å²) in [5.41, 5.74) is 0.303. The predicted molar refractivity (Wildman–Crippen MR) is 81.9 cm³/mol. The van der Waals surface area contributed by atoms with Crippen molar-refractivity contribution in [2.75, 3.05) is 0 Å². The highest BCUT2D eigenvalue weighted by molar-refractivity contribution is 5.83. The largest absolute Gasteiger partial charge is 0.459 e. The van der Waals surface area contributed by atoms with Crippen LogP contribution in [0.4, 0.5) is 4.79 Å². The molecule has 0 spiro atoms.